The van der Waals surface area contributed by atoms with E-state index in [1.54, 1.807) is 30.3 Å². The van der Waals surface area contributed by atoms with Crippen LogP contribution in [-0.4, -0.2) is 17.2 Å². The summed E-state index contributed by atoms with van der Waals surface area (Å²) in [4.78, 5) is 32.1. The van der Waals surface area contributed by atoms with E-state index in [0.717, 1.165) is 0 Å². The normalized spacial score (nSPS) is 13.4. The summed E-state index contributed by atoms with van der Waals surface area (Å²) >= 11 is 4.01. The number of hydrogen-bond donors (Lipinski definition) is 1. The SMILES string of the molecule is O=C(O)[C@H](Cc1ccccc1)O[P+]([O-])([O-])[S-]. The summed E-state index contributed by atoms with van der Waals surface area (Å²) in [6.45, 7) is 0. The van der Waals surface area contributed by atoms with E-state index in [9.17, 15) is 14.6 Å². The van der Waals surface area contributed by atoms with E-state index in [0.29, 0.717) is 5.56 Å². The zero-order chi connectivity index (χ0) is 12.2. The molecule has 0 amide bonds. The molecule has 0 saturated carbocycles. The summed E-state index contributed by atoms with van der Waals surface area (Å²) in [6.07, 6.45) is -1.51. The fourth-order valence-electron chi connectivity index (χ4n) is 1.15. The Kier molecular flexibility index (Phi) is 4.70. The Morgan fingerprint density at radius 3 is 2.44 bits per heavy atom. The lowest BCUT2D eigenvalue weighted by Crippen LogP contribution is -2.33. The van der Waals surface area contributed by atoms with E-state index < -0.39 is 19.2 Å². The van der Waals surface area contributed by atoms with Gasteiger partial charge in [-0.15, -0.1) is 0 Å². The lowest BCUT2D eigenvalue weighted by molar-refractivity contribution is -0.327. The second-order valence-corrected chi connectivity index (χ2v) is 5.52. The van der Waals surface area contributed by atoms with Crippen molar-refractivity contribution in [2.75, 3.05) is 0 Å². The van der Waals surface area contributed by atoms with E-state index in [4.69, 9.17) is 5.11 Å². The Morgan fingerprint density at radius 2 is 2.00 bits per heavy atom. The molecule has 7 heteroatoms. The van der Waals surface area contributed by atoms with E-state index in [1.807, 2.05) is 0 Å². The molecule has 0 fully saturated rings. The summed E-state index contributed by atoms with van der Waals surface area (Å²) in [5, 5.41) is 8.77. The Balaban J connectivity index is 2.70. The zero-order valence-electron chi connectivity index (χ0n) is 8.11. The number of hydrogen-bond acceptors (Lipinski definition) is 5. The molecule has 1 aromatic carbocycles. The first-order chi connectivity index (χ1) is 7.38. The number of benzene rings is 1. The van der Waals surface area contributed by atoms with Gasteiger partial charge < -0.3 is 27.1 Å². The molecule has 1 aromatic rings. The fraction of sp³-hybridized carbons (Fsp3) is 0.222. The molecule has 0 aliphatic heterocycles. The highest BCUT2D eigenvalue weighted by Gasteiger charge is 2.22. The van der Waals surface area contributed by atoms with Gasteiger partial charge in [-0.3, -0.25) is 4.52 Å². The third-order valence-corrected chi connectivity index (χ3v) is 2.57. The minimum atomic E-state index is -4.46. The molecule has 0 aromatic heterocycles. The molecule has 1 rings (SSSR count). The second kappa shape index (κ2) is 5.61. The van der Waals surface area contributed by atoms with Crippen LogP contribution in [0.2, 0.25) is 0 Å². The van der Waals surface area contributed by atoms with E-state index in [2.05, 4.69) is 16.8 Å². The van der Waals surface area contributed by atoms with Crippen LogP contribution in [0.25, 0.3) is 0 Å². The number of aliphatic carboxylic acids is 1. The number of rotatable bonds is 5. The van der Waals surface area contributed by atoms with Crippen molar-refractivity contribution in [2.24, 2.45) is 0 Å². The van der Waals surface area contributed by atoms with Gasteiger partial charge in [0.05, 0.1) is 0 Å². The van der Waals surface area contributed by atoms with Crippen molar-refractivity contribution in [3.63, 3.8) is 0 Å². The number of carboxylic acid groups (broad SMARTS) is 1. The maximum atomic E-state index is 10.8. The van der Waals surface area contributed by atoms with Gasteiger partial charge in [-0.05, 0) is 5.56 Å². The summed E-state index contributed by atoms with van der Waals surface area (Å²) in [6, 6.07) is 8.57. The van der Waals surface area contributed by atoms with E-state index in [-0.39, 0.29) is 6.42 Å². The maximum Gasteiger partial charge on any atom is 0.337 e. The van der Waals surface area contributed by atoms with Gasteiger partial charge in [-0.2, -0.15) is 0 Å². The molecule has 0 radical (unpaired) electrons. The predicted molar refractivity (Wildman–Crippen MR) is 56.9 cm³/mol. The monoisotopic (exact) mass is 260 g/mol. The minimum Gasteiger partial charge on any atom is -0.676 e. The van der Waals surface area contributed by atoms with Crippen LogP contribution in [0.5, 0.6) is 0 Å². The van der Waals surface area contributed by atoms with E-state index in [1.165, 1.54) is 0 Å². The first-order valence-electron chi connectivity index (χ1n) is 4.35. The van der Waals surface area contributed by atoms with Gasteiger partial charge in [0.2, 0.25) is 0 Å². The Morgan fingerprint density at radius 1 is 1.44 bits per heavy atom. The summed E-state index contributed by atoms with van der Waals surface area (Å²) in [5.74, 6) is -1.36. The van der Waals surface area contributed by atoms with Crippen LogP contribution in [0.4, 0.5) is 0 Å². The second-order valence-electron chi connectivity index (χ2n) is 3.07. The molecule has 1 atom stereocenters. The third-order valence-electron chi connectivity index (χ3n) is 1.80. The van der Waals surface area contributed by atoms with Crippen molar-refractivity contribution in [3.05, 3.63) is 35.9 Å². The van der Waals surface area contributed by atoms with Crippen molar-refractivity contribution in [1.29, 1.82) is 0 Å². The number of carbonyl (C=O) groups is 1. The van der Waals surface area contributed by atoms with Gasteiger partial charge in [-0.25, -0.2) is 4.79 Å². The molecule has 88 valence electrons. The minimum absolute atomic E-state index is 0.0426. The van der Waals surface area contributed by atoms with Crippen molar-refractivity contribution in [2.45, 2.75) is 12.5 Å². The largest absolute Gasteiger partial charge is 0.676 e. The molecular weight excluding hydrogens is 251 g/mol. The molecular formula is C9H9O5PS-2. The average molecular weight is 260 g/mol. The topological polar surface area (TPSA) is 92.7 Å². The molecule has 0 spiro atoms. The molecule has 0 aliphatic rings. The summed E-state index contributed by atoms with van der Waals surface area (Å²) < 4.78 is 4.32. The summed E-state index contributed by atoms with van der Waals surface area (Å²) in [7, 11) is -4.46. The highest BCUT2D eigenvalue weighted by molar-refractivity contribution is 8.33. The van der Waals surface area contributed by atoms with Gasteiger partial charge in [0.25, 0.3) is 0 Å². The quantitative estimate of drug-likeness (QED) is 0.574. The van der Waals surface area contributed by atoms with Crippen molar-refractivity contribution in [3.8, 4) is 0 Å². The molecule has 0 aliphatic carbocycles. The van der Waals surface area contributed by atoms with Crippen molar-refractivity contribution in [1.82, 2.24) is 0 Å². The summed E-state index contributed by atoms with van der Waals surface area (Å²) in [5.41, 5.74) is 0.665. The predicted octanol–water partition coefficient (Wildman–Crippen LogP) is -0.356. The Labute approximate surface area is 98.4 Å². The Hall–Kier alpha value is -0.650. The molecule has 16 heavy (non-hydrogen) atoms. The van der Waals surface area contributed by atoms with Crippen LogP contribution < -0.4 is 9.79 Å². The Bertz CT molecular complexity index is 351. The fourth-order valence-corrected chi connectivity index (χ4v) is 1.94. The van der Waals surface area contributed by atoms with Crippen molar-refractivity contribution >= 4 is 25.4 Å². The van der Waals surface area contributed by atoms with E-state index >= 15 is 0 Å². The molecule has 0 bridgehead atoms. The van der Waals surface area contributed by atoms with Crippen LogP contribution in [0.3, 0.4) is 0 Å². The van der Waals surface area contributed by atoms with Crippen LogP contribution in [-0.2, 0) is 28.0 Å². The zero-order valence-corrected chi connectivity index (χ0v) is 9.82. The lowest BCUT2D eigenvalue weighted by atomic mass is 10.1. The lowest BCUT2D eigenvalue weighted by Gasteiger charge is -2.42. The standard InChI is InChI=1S/C9H11O5PS/c10-9(11)8(14-15(12,13)16)6-7-4-2-1-3-5-7/h1-5,8H,6H2,(H,10,11)(H2,12,13,16)/p-2/t8-/m0/s1. The molecule has 0 unspecified atom stereocenters. The van der Waals surface area contributed by atoms with Gasteiger partial charge in [0.1, 0.15) is 0 Å². The maximum absolute atomic E-state index is 10.8. The van der Waals surface area contributed by atoms with Gasteiger partial charge in [0, 0.05) is 6.42 Å². The van der Waals surface area contributed by atoms with Crippen LogP contribution in [0.15, 0.2) is 30.3 Å². The first kappa shape index (κ1) is 13.4. The first-order valence-corrected chi connectivity index (χ1v) is 6.91. The van der Waals surface area contributed by atoms with Crippen LogP contribution in [0.1, 0.15) is 5.56 Å². The number of carboxylic acids is 1. The van der Waals surface area contributed by atoms with Crippen molar-refractivity contribution < 1.29 is 24.2 Å². The smallest absolute Gasteiger partial charge is 0.337 e. The molecule has 0 heterocycles. The van der Waals surface area contributed by atoms with Crippen LogP contribution in [0, 0.1) is 0 Å². The van der Waals surface area contributed by atoms with Gasteiger partial charge in [-0.1, -0.05) is 37.5 Å². The molecule has 5 nitrogen and oxygen atoms in total. The molecule has 0 saturated heterocycles. The highest BCUT2D eigenvalue weighted by Crippen LogP contribution is 2.39. The third kappa shape index (κ3) is 4.92. The highest BCUT2D eigenvalue weighted by atomic mass is 32.7. The van der Waals surface area contributed by atoms with Crippen LogP contribution >= 0.6 is 7.15 Å². The average Bonchev–Trinajstić information content (AvgIpc) is 2.16. The molecule has 1 N–H and O–H groups in total. The van der Waals surface area contributed by atoms with Gasteiger partial charge in [0.15, 0.2) is 6.10 Å². The van der Waals surface area contributed by atoms with Gasteiger partial charge >= 0.3 is 5.97 Å².